The Kier molecular flexibility index (Phi) is 4.74. The van der Waals surface area contributed by atoms with Gasteiger partial charge in [0.2, 0.25) is 0 Å². The maximum Gasteiger partial charge on any atom is 0.190 e. The van der Waals surface area contributed by atoms with Crippen LogP contribution in [0.15, 0.2) is 42.0 Å². The summed E-state index contributed by atoms with van der Waals surface area (Å²) in [6.45, 7) is 2.29. The average molecular weight is 357 g/mol. The maximum absolute atomic E-state index is 12.6. The summed E-state index contributed by atoms with van der Waals surface area (Å²) in [4.78, 5) is 16.8. The first-order valence-corrected chi connectivity index (χ1v) is 8.46. The third-order valence-electron chi connectivity index (χ3n) is 3.48. The number of carbonyl (C=O) groups excluding carboxylic acids is 1. The van der Waals surface area contributed by atoms with Gasteiger partial charge in [-0.05, 0) is 18.6 Å². The molecule has 1 atom stereocenters. The highest BCUT2D eigenvalue weighted by Gasteiger charge is 2.25. The van der Waals surface area contributed by atoms with Crippen molar-refractivity contribution in [3.63, 3.8) is 0 Å². The Labute approximate surface area is 148 Å². The molecule has 120 valence electrons. The zero-order valence-corrected chi connectivity index (χ0v) is 14.4. The van der Waals surface area contributed by atoms with Crippen molar-refractivity contribution in [3.05, 3.63) is 68.9 Å². The number of rotatable bonds is 5. The number of benzene rings is 1. The van der Waals surface area contributed by atoms with E-state index in [2.05, 4.69) is 10.1 Å². The van der Waals surface area contributed by atoms with Crippen LogP contribution >= 0.6 is 22.9 Å². The molecule has 7 heteroatoms. The number of carbonyl (C=O) groups is 1. The molecule has 1 aromatic carbocycles. The van der Waals surface area contributed by atoms with Crippen molar-refractivity contribution in [2.45, 2.75) is 19.4 Å². The van der Waals surface area contributed by atoms with E-state index in [9.17, 15) is 10.1 Å². The summed E-state index contributed by atoms with van der Waals surface area (Å²) in [6, 6.07) is 9.51. The molecule has 0 saturated heterocycles. The zero-order valence-electron chi connectivity index (χ0n) is 12.8. The molecule has 0 amide bonds. The van der Waals surface area contributed by atoms with E-state index in [1.54, 1.807) is 10.9 Å². The Hall–Kier alpha value is -2.49. The second-order valence-electron chi connectivity index (χ2n) is 5.27. The van der Waals surface area contributed by atoms with Gasteiger partial charge in [0.05, 0.1) is 24.4 Å². The van der Waals surface area contributed by atoms with Crippen LogP contribution in [0, 0.1) is 18.3 Å². The van der Waals surface area contributed by atoms with E-state index in [-0.39, 0.29) is 5.78 Å². The lowest BCUT2D eigenvalue weighted by Gasteiger charge is -2.04. The minimum Gasteiger partial charge on any atom is -0.292 e. The fraction of sp³-hybridized carbons (Fsp3) is 0.176. The lowest BCUT2D eigenvalue weighted by atomic mass is 10.0. The van der Waals surface area contributed by atoms with Crippen LogP contribution in [0.1, 0.15) is 32.5 Å². The topological polar surface area (TPSA) is 71.6 Å². The van der Waals surface area contributed by atoms with Gasteiger partial charge in [0, 0.05) is 22.3 Å². The Morgan fingerprint density at radius 1 is 1.46 bits per heavy atom. The second kappa shape index (κ2) is 6.95. The van der Waals surface area contributed by atoms with Crippen molar-refractivity contribution in [1.29, 1.82) is 5.26 Å². The number of nitriles is 1. The summed E-state index contributed by atoms with van der Waals surface area (Å²) >= 11 is 7.46. The summed E-state index contributed by atoms with van der Waals surface area (Å²) in [5, 5.41) is 16.5. The van der Waals surface area contributed by atoms with Crippen molar-refractivity contribution < 1.29 is 4.79 Å². The largest absolute Gasteiger partial charge is 0.292 e. The van der Waals surface area contributed by atoms with Gasteiger partial charge in [-0.25, -0.2) is 4.98 Å². The third kappa shape index (κ3) is 3.37. The molecule has 24 heavy (non-hydrogen) atoms. The number of hydrogen-bond acceptors (Lipinski definition) is 5. The molecule has 3 rings (SSSR count). The van der Waals surface area contributed by atoms with Crippen molar-refractivity contribution in [2.24, 2.45) is 0 Å². The summed E-state index contributed by atoms with van der Waals surface area (Å²) in [6.07, 6.45) is 3.11. The van der Waals surface area contributed by atoms with Crippen LogP contribution in [0.4, 0.5) is 0 Å². The Morgan fingerprint density at radius 2 is 2.25 bits per heavy atom. The molecule has 0 bridgehead atoms. The van der Waals surface area contributed by atoms with E-state index >= 15 is 0 Å². The van der Waals surface area contributed by atoms with Gasteiger partial charge in [-0.3, -0.25) is 9.48 Å². The van der Waals surface area contributed by atoms with Crippen LogP contribution < -0.4 is 0 Å². The van der Waals surface area contributed by atoms with E-state index < -0.39 is 5.92 Å². The molecule has 3 aromatic rings. The third-order valence-corrected chi connectivity index (χ3v) is 4.88. The molecular weight excluding hydrogens is 344 g/mol. The zero-order chi connectivity index (χ0) is 17.1. The molecule has 5 nitrogen and oxygen atoms in total. The van der Waals surface area contributed by atoms with Crippen LogP contribution in [-0.2, 0) is 6.54 Å². The van der Waals surface area contributed by atoms with Crippen LogP contribution in [0.3, 0.4) is 0 Å². The second-order valence-corrected chi connectivity index (χ2v) is 6.57. The van der Waals surface area contributed by atoms with Gasteiger partial charge >= 0.3 is 0 Å². The first-order valence-electron chi connectivity index (χ1n) is 7.20. The van der Waals surface area contributed by atoms with E-state index in [0.29, 0.717) is 22.1 Å². The molecule has 2 aromatic heterocycles. The number of aromatic nitrogens is 3. The molecular formula is C17H13ClN4OS. The number of hydrogen-bond donors (Lipinski definition) is 0. The molecule has 0 saturated carbocycles. The van der Waals surface area contributed by atoms with Crippen molar-refractivity contribution in [3.8, 4) is 6.07 Å². The normalized spacial score (nSPS) is 11.9. The number of ketones is 1. The molecule has 0 radical (unpaired) electrons. The van der Waals surface area contributed by atoms with Gasteiger partial charge in [-0.1, -0.05) is 29.8 Å². The molecule has 0 N–H and O–H groups in total. The number of halogens is 1. The van der Waals surface area contributed by atoms with Gasteiger partial charge < -0.3 is 0 Å². The Bertz CT molecular complexity index is 925. The SMILES string of the molecule is Cc1csc([C@H](C#N)C(=O)c2cnn(Cc3ccccc3Cl)c2)n1. The minimum atomic E-state index is -0.901. The van der Waals surface area contributed by atoms with Gasteiger partial charge in [0.25, 0.3) is 0 Å². The predicted octanol–water partition coefficient (Wildman–Crippen LogP) is 3.84. The van der Waals surface area contributed by atoms with Gasteiger partial charge in [-0.2, -0.15) is 10.4 Å². The highest BCUT2D eigenvalue weighted by Crippen LogP contribution is 2.24. The molecule has 0 spiro atoms. The number of nitrogens with zero attached hydrogens (tertiary/aromatic N) is 4. The fourth-order valence-electron chi connectivity index (χ4n) is 2.28. The average Bonchev–Trinajstić information content (AvgIpc) is 3.20. The van der Waals surface area contributed by atoms with Crippen LogP contribution in [0.25, 0.3) is 0 Å². The first-order chi connectivity index (χ1) is 11.6. The number of Topliss-reactive ketones (excluding diaryl/α,β-unsaturated/α-hetero) is 1. The lowest BCUT2D eigenvalue weighted by molar-refractivity contribution is 0.0978. The van der Waals surface area contributed by atoms with E-state index in [0.717, 1.165) is 11.3 Å². The molecule has 0 unspecified atom stereocenters. The lowest BCUT2D eigenvalue weighted by Crippen LogP contribution is -2.10. The quantitative estimate of drug-likeness (QED) is 0.651. The van der Waals surface area contributed by atoms with Gasteiger partial charge in [-0.15, -0.1) is 11.3 Å². The maximum atomic E-state index is 12.6. The van der Waals surface area contributed by atoms with Crippen LogP contribution in [0.2, 0.25) is 5.02 Å². The summed E-state index contributed by atoms with van der Waals surface area (Å²) < 4.78 is 1.63. The molecule has 0 aliphatic carbocycles. The van der Waals surface area contributed by atoms with Crippen LogP contribution in [-0.4, -0.2) is 20.5 Å². The number of aryl methyl sites for hydroxylation is 1. The Balaban J connectivity index is 1.81. The molecule has 0 aliphatic heterocycles. The Morgan fingerprint density at radius 3 is 2.92 bits per heavy atom. The van der Waals surface area contributed by atoms with E-state index in [1.807, 2.05) is 42.6 Å². The molecule has 2 heterocycles. The summed E-state index contributed by atoms with van der Waals surface area (Å²) in [5.41, 5.74) is 2.10. The van der Waals surface area contributed by atoms with Crippen LogP contribution in [0.5, 0.6) is 0 Å². The monoisotopic (exact) mass is 356 g/mol. The minimum absolute atomic E-state index is 0.294. The summed E-state index contributed by atoms with van der Waals surface area (Å²) in [5.74, 6) is -1.20. The number of thiazole rings is 1. The summed E-state index contributed by atoms with van der Waals surface area (Å²) in [7, 11) is 0. The van der Waals surface area contributed by atoms with Crippen molar-refractivity contribution in [1.82, 2.24) is 14.8 Å². The van der Waals surface area contributed by atoms with Gasteiger partial charge in [0.15, 0.2) is 11.7 Å². The predicted molar refractivity (Wildman–Crippen MR) is 92.3 cm³/mol. The highest BCUT2D eigenvalue weighted by molar-refractivity contribution is 7.10. The van der Waals surface area contributed by atoms with E-state index in [1.165, 1.54) is 17.5 Å². The highest BCUT2D eigenvalue weighted by atomic mass is 35.5. The standard InChI is InChI=1S/C17H13ClN4OS/c1-11-10-24-17(21-11)14(6-19)16(23)13-7-20-22(9-13)8-12-4-2-3-5-15(12)18/h2-5,7,9-10,14H,8H2,1H3/t14-/m1/s1. The first kappa shape index (κ1) is 16.4. The van der Waals surface area contributed by atoms with E-state index in [4.69, 9.17) is 11.6 Å². The molecule has 0 fully saturated rings. The molecule has 0 aliphatic rings. The smallest absolute Gasteiger partial charge is 0.190 e. The van der Waals surface area contributed by atoms with Crippen molar-refractivity contribution >= 4 is 28.7 Å². The fourth-order valence-corrected chi connectivity index (χ4v) is 3.31. The van der Waals surface area contributed by atoms with Crippen molar-refractivity contribution in [2.75, 3.05) is 0 Å². The van der Waals surface area contributed by atoms with Gasteiger partial charge in [0.1, 0.15) is 5.01 Å².